The molecule has 0 amide bonds. The smallest absolute Gasteiger partial charge is 0.186 e. The van der Waals surface area contributed by atoms with Crippen molar-refractivity contribution in [3.8, 4) is 0 Å². The Hall–Kier alpha value is -0.580. The van der Waals surface area contributed by atoms with Gasteiger partial charge in [0.05, 0.1) is 31.0 Å². The Kier molecular flexibility index (Phi) is 8.35. The number of allylic oxidation sites excluding steroid dienone is 1. The third-order valence-corrected chi connectivity index (χ3v) is 15.4. The molecule has 0 radical (unpaired) electrons. The molecule has 15 atom stereocenters. The van der Waals surface area contributed by atoms with Gasteiger partial charge in [-0.2, -0.15) is 0 Å². The van der Waals surface area contributed by atoms with Gasteiger partial charge in [-0.1, -0.05) is 60.1 Å². The van der Waals surface area contributed by atoms with Crippen molar-refractivity contribution in [2.24, 2.45) is 50.2 Å². The number of ether oxygens (including phenoxy) is 3. The van der Waals surface area contributed by atoms with Gasteiger partial charge in [0, 0.05) is 18.4 Å². The maximum absolute atomic E-state index is 12.0. The standard InChI is InChI=1S/C37H62O8/c1-20-27(40)28(41)29(42)31(44-20)45-26-11-12-34(6)24(33(26,4)5)10-13-35(7)30(34)23(43-9)16-21-22-17-32(2,3)14-15-37(22,19-38)25(39)18-36(21,35)8/h16,20,22-31,38-42H,10-15,17-19H2,1-9H3. The number of aliphatic hydroxyl groups is 5. The third-order valence-electron chi connectivity index (χ3n) is 15.4. The third kappa shape index (κ3) is 4.66. The molecule has 0 aromatic rings. The molecule has 0 bridgehead atoms. The van der Waals surface area contributed by atoms with Crippen LogP contribution in [0.4, 0.5) is 0 Å². The highest BCUT2D eigenvalue weighted by atomic mass is 16.7. The zero-order chi connectivity index (χ0) is 33.1. The van der Waals surface area contributed by atoms with E-state index in [1.165, 1.54) is 5.57 Å². The Morgan fingerprint density at radius 2 is 1.56 bits per heavy atom. The Labute approximate surface area is 270 Å². The summed E-state index contributed by atoms with van der Waals surface area (Å²) < 4.78 is 18.9. The van der Waals surface area contributed by atoms with Crippen molar-refractivity contribution in [3.63, 3.8) is 0 Å². The molecule has 0 aromatic heterocycles. The maximum Gasteiger partial charge on any atom is 0.186 e. The first kappa shape index (κ1) is 34.3. The minimum absolute atomic E-state index is 0.0175. The van der Waals surface area contributed by atoms with Crippen molar-refractivity contribution in [2.45, 2.75) is 156 Å². The van der Waals surface area contributed by atoms with E-state index in [0.29, 0.717) is 12.3 Å². The number of fused-ring (bicyclic) bond motifs is 7. The summed E-state index contributed by atoms with van der Waals surface area (Å²) in [6, 6.07) is 0. The molecule has 4 saturated carbocycles. The minimum atomic E-state index is -1.32. The fourth-order valence-corrected chi connectivity index (χ4v) is 12.5. The van der Waals surface area contributed by atoms with Crippen LogP contribution in [-0.2, 0) is 14.2 Å². The molecule has 15 unspecified atom stereocenters. The van der Waals surface area contributed by atoms with Crippen molar-refractivity contribution in [3.05, 3.63) is 11.6 Å². The largest absolute Gasteiger partial charge is 0.396 e. The van der Waals surface area contributed by atoms with Crippen LogP contribution in [0, 0.1) is 50.2 Å². The first-order valence-corrected chi connectivity index (χ1v) is 17.7. The van der Waals surface area contributed by atoms with E-state index in [1.54, 1.807) is 6.92 Å². The normalized spacial score (nSPS) is 55.4. The van der Waals surface area contributed by atoms with E-state index in [2.05, 4.69) is 54.5 Å². The second-order valence-electron chi connectivity index (χ2n) is 18.3. The van der Waals surface area contributed by atoms with Gasteiger partial charge in [0.15, 0.2) is 6.29 Å². The van der Waals surface area contributed by atoms with E-state index in [9.17, 15) is 25.5 Å². The van der Waals surface area contributed by atoms with E-state index in [4.69, 9.17) is 14.2 Å². The molecule has 258 valence electrons. The van der Waals surface area contributed by atoms with Gasteiger partial charge in [-0.15, -0.1) is 0 Å². The average Bonchev–Trinajstić information content (AvgIpc) is 2.96. The highest BCUT2D eigenvalue weighted by Gasteiger charge is 2.72. The summed E-state index contributed by atoms with van der Waals surface area (Å²) >= 11 is 0. The van der Waals surface area contributed by atoms with Gasteiger partial charge in [-0.25, -0.2) is 0 Å². The number of hydrogen-bond acceptors (Lipinski definition) is 8. The van der Waals surface area contributed by atoms with Crippen LogP contribution in [0.25, 0.3) is 0 Å². The maximum atomic E-state index is 12.0. The Morgan fingerprint density at radius 1 is 0.867 bits per heavy atom. The fourth-order valence-electron chi connectivity index (χ4n) is 12.5. The van der Waals surface area contributed by atoms with E-state index in [-0.39, 0.29) is 57.7 Å². The zero-order valence-corrected chi connectivity index (χ0v) is 29.3. The van der Waals surface area contributed by atoms with Crippen LogP contribution < -0.4 is 0 Å². The lowest BCUT2D eigenvalue weighted by atomic mass is 9.33. The molecule has 1 aliphatic heterocycles. The fraction of sp³-hybridized carbons (Fsp3) is 0.946. The van der Waals surface area contributed by atoms with Gasteiger partial charge >= 0.3 is 0 Å². The summed E-state index contributed by atoms with van der Waals surface area (Å²) in [5.74, 6) is 0.659. The highest BCUT2D eigenvalue weighted by molar-refractivity contribution is 5.37. The monoisotopic (exact) mass is 634 g/mol. The second kappa shape index (κ2) is 11.0. The summed E-state index contributed by atoms with van der Waals surface area (Å²) in [7, 11) is 1.85. The molecule has 6 aliphatic rings. The quantitative estimate of drug-likeness (QED) is 0.225. The summed E-state index contributed by atoms with van der Waals surface area (Å²) in [4.78, 5) is 0. The lowest BCUT2D eigenvalue weighted by Crippen LogP contribution is -2.69. The van der Waals surface area contributed by atoms with E-state index in [1.807, 2.05) is 7.11 Å². The number of methoxy groups -OCH3 is 1. The first-order valence-electron chi connectivity index (χ1n) is 17.7. The Balaban J connectivity index is 1.36. The molecule has 0 aromatic carbocycles. The molecule has 6 rings (SSSR count). The average molecular weight is 635 g/mol. The van der Waals surface area contributed by atoms with Crippen LogP contribution in [-0.4, -0.2) is 88.3 Å². The molecule has 8 nitrogen and oxygen atoms in total. The molecular formula is C37H62O8. The predicted octanol–water partition coefficient (Wildman–Crippen LogP) is 4.59. The van der Waals surface area contributed by atoms with Crippen LogP contribution in [0.15, 0.2) is 11.6 Å². The van der Waals surface area contributed by atoms with Crippen molar-refractivity contribution in [2.75, 3.05) is 13.7 Å². The van der Waals surface area contributed by atoms with Crippen molar-refractivity contribution in [1.29, 1.82) is 0 Å². The summed E-state index contributed by atoms with van der Waals surface area (Å²) in [6.45, 7) is 18.3. The van der Waals surface area contributed by atoms with Gasteiger partial charge in [0.25, 0.3) is 0 Å². The van der Waals surface area contributed by atoms with Gasteiger partial charge in [-0.3, -0.25) is 0 Å². The highest BCUT2D eigenvalue weighted by Crippen LogP contribution is 2.76. The van der Waals surface area contributed by atoms with Gasteiger partial charge < -0.3 is 39.7 Å². The van der Waals surface area contributed by atoms with Crippen LogP contribution in [0.3, 0.4) is 0 Å². The lowest BCUT2D eigenvalue weighted by molar-refractivity contribution is -0.326. The molecule has 1 saturated heterocycles. The van der Waals surface area contributed by atoms with Gasteiger partial charge in [-0.05, 0) is 97.2 Å². The molecule has 5 N–H and O–H groups in total. The number of aliphatic hydroxyl groups excluding tert-OH is 5. The predicted molar refractivity (Wildman–Crippen MR) is 171 cm³/mol. The Bertz CT molecular complexity index is 1170. The van der Waals surface area contributed by atoms with E-state index < -0.39 is 42.2 Å². The second-order valence-corrected chi connectivity index (χ2v) is 18.3. The van der Waals surface area contributed by atoms with Crippen molar-refractivity contribution in [1.82, 2.24) is 0 Å². The topological polar surface area (TPSA) is 129 Å². The van der Waals surface area contributed by atoms with Gasteiger partial charge in [0.2, 0.25) is 0 Å². The minimum Gasteiger partial charge on any atom is -0.396 e. The van der Waals surface area contributed by atoms with Crippen molar-refractivity contribution < 1.29 is 39.7 Å². The molecule has 0 spiro atoms. The van der Waals surface area contributed by atoms with Crippen LogP contribution in [0.1, 0.15) is 107 Å². The molecule has 5 fully saturated rings. The number of hydrogen-bond donors (Lipinski definition) is 5. The van der Waals surface area contributed by atoms with Crippen LogP contribution >= 0.6 is 0 Å². The number of rotatable bonds is 4. The zero-order valence-electron chi connectivity index (χ0n) is 29.3. The summed E-state index contributed by atoms with van der Waals surface area (Å²) in [6.07, 6.45) is 3.41. The lowest BCUT2D eigenvalue weighted by Gasteiger charge is -2.73. The molecule has 45 heavy (non-hydrogen) atoms. The molecule has 8 heteroatoms. The summed E-state index contributed by atoms with van der Waals surface area (Å²) in [5.41, 5.74) is 0.410. The summed E-state index contributed by atoms with van der Waals surface area (Å²) in [5, 5.41) is 54.3. The Morgan fingerprint density at radius 3 is 2.20 bits per heavy atom. The SMILES string of the molecule is COC1C=C2C3CC(C)(C)CCC3(CO)C(O)CC2(C)C2(C)CCC3C(C)(C)C(OC4OC(C)C(O)C(O)C4O)CCC3(C)C12. The van der Waals surface area contributed by atoms with E-state index >= 15 is 0 Å². The molecule has 5 aliphatic carbocycles. The first-order chi connectivity index (χ1) is 20.8. The van der Waals surface area contributed by atoms with Crippen LogP contribution in [0.5, 0.6) is 0 Å². The van der Waals surface area contributed by atoms with Crippen molar-refractivity contribution >= 4 is 0 Å². The van der Waals surface area contributed by atoms with Gasteiger partial charge in [0.1, 0.15) is 18.3 Å². The molecular weight excluding hydrogens is 572 g/mol. The van der Waals surface area contributed by atoms with Crippen LogP contribution in [0.2, 0.25) is 0 Å². The van der Waals surface area contributed by atoms with E-state index in [0.717, 1.165) is 44.9 Å². The molecule has 1 heterocycles.